The van der Waals surface area contributed by atoms with E-state index in [-0.39, 0.29) is 24.4 Å². The Morgan fingerprint density at radius 1 is 1.53 bits per heavy atom. The number of morpholine rings is 1. The van der Waals surface area contributed by atoms with Crippen molar-refractivity contribution in [2.75, 3.05) is 32.8 Å². The van der Waals surface area contributed by atoms with E-state index in [0.29, 0.717) is 12.0 Å². The van der Waals surface area contributed by atoms with E-state index in [4.69, 9.17) is 4.74 Å². The highest BCUT2D eigenvalue weighted by Gasteiger charge is 2.35. The molecule has 0 bridgehead atoms. The standard InChI is InChI=1S/C14H26N2O2.ClH/c1-3-5-14(2)6-4-8-16(11-14)13(17)12-10-18-9-7-15-12;/h12,15H,3-11H2,1-2H3;1H. The first-order valence-electron chi connectivity index (χ1n) is 7.24. The molecule has 2 fully saturated rings. The van der Waals surface area contributed by atoms with Crippen LogP contribution >= 0.6 is 12.4 Å². The zero-order chi connectivity index (χ0) is 13.0. The number of amides is 1. The quantitative estimate of drug-likeness (QED) is 0.862. The van der Waals surface area contributed by atoms with Gasteiger partial charge < -0.3 is 15.0 Å². The number of hydrogen-bond donors (Lipinski definition) is 1. The van der Waals surface area contributed by atoms with E-state index in [1.807, 2.05) is 4.90 Å². The van der Waals surface area contributed by atoms with Crippen molar-refractivity contribution in [1.82, 2.24) is 10.2 Å². The Kier molecular flexibility index (Phi) is 6.57. The van der Waals surface area contributed by atoms with Crippen molar-refractivity contribution in [2.24, 2.45) is 5.41 Å². The zero-order valence-electron chi connectivity index (χ0n) is 12.1. The predicted octanol–water partition coefficient (Wildman–Crippen LogP) is 1.83. The Morgan fingerprint density at radius 3 is 2.95 bits per heavy atom. The third kappa shape index (κ3) is 4.33. The number of rotatable bonds is 3. The summed E-state index contributed by atoms with van der Waals surface area (Å²) in [6.45, 7) is 8.41. The highest BCUT2D eigenvalue weighted by molar-refractivity contribution is 5.85. The van der Waals surface area contributed by atoms with E-state index in [9.17, 15) is 4.79 Å². The Balaban J connectivity index is 0.00000180. The van der Waals surface area contributed by atoms with Crippen LogP contribution in [-0.4, -0.2) is 49.7 Å². The van der Waals surface area contributed by atoms with E-state index < -0.39 is 0 Å². The van der Waals surface area contributed by atoms with Gasteiger partial charge in [-0.3, -0.25) is 4.79 Å². The van der Waals surface area contributed by atoms with Gasteiger partial charge in [0.1, 0.15) is 6.04 Å². The molecule has 2 unspecified atom stereocenters. The molecular formula is C14H27ClN2O2. The highest BCUT2D eigenvalue weighted by atomic mass is 35.5. The molecule has 112 valence electrons. The van der Waals surface area contributed by atoms with Crippen molar-refractivity contribution < 1.29 is 9.53 Å². The SMILES string of the molecule is CCCC1(C)CCCN(C(=O)C2COCCN2)C1.Cl. The number of piperidine rings is 1. The fourth-order valence-electron chi connectivity index (χ4n) is 3.26. The Hall–Kier alpha value is -0.320. The Labute approximate surface area is 122 Å². The average molecular weight is 291 g/mol. The molecule has 0 radical (unpaired) electrons. The molecule has 4 nitrogen and oxygen atoms in total. The first-order valence-corrected chi connectivity index (χ1v) is 7.24. The minimum Gasteiger partial charge on any atom is -0.378 e. The number of carbonyl (C=O) groups excluding carboxylic acids is 1. The van der Waals surface area contributed by atoms with Crippen molar-refractivity contribution in [3.8, 4) is 0 Å². The molecule has 5 heteroatoms. The fraction of sp³-hybridized carbons (Fsp3) is 0.929. The van der Waals surface area contributed by atoms with Crippen molar-refractivity contribution in [1.29, 1.82) is 0 Å². The number of hydrogen-bond acceptors (Lipinski definition) is 3. The van der Waals surface area contributed by atoms with Gasteiger partial charge in [-0.1, -0.05) is 20.3 Å². The van der Waals surface area contributed by atoms with Crippen molar-refractivity contribution in [2.45, 2.75) is 45.6 Å². The number of nitrogens with one attached hydrogen (secondary N) is 1. The maximum Gasteiger partial charge on any atom is 0.242 e. The summed E-state index contributed by atoms with van der Waals surface area (Å²) < 4.78 is 5.38. The lowest BCUT2D eigenvalue weighted by Crippen LogP contribution is -2.55. The minimum atomic E-state index is -0.122. The number of halogens is 1. The third-order valence-corrected chi connectivity index (χ3v) is 4.17. The zero-order valence-corrected chi connectivity index (χ0v) is 12.9. The molecule has 1 amide bonds. The topological polar surface area (TPSA) is 41.6 Å². The van der Waals surface area contributed by atoms with Crippen LogP contribution < -0.4 is 5.32 Å². The smallest absolute Gasteiger partial charge is 0.242 e. The van der Waals surface area contributed by atoms with Crippen LogP contribution in [0.25, 0.3) is 0 Å². The first-order chi connectivity index (χ1) is 8.64. The molecule has 2 atom stereocenters. The van der Waals surface area contributed by atoms with Crippen LogP contribution in [0.1, 0.15) is 39.5 Å². The van der Waals surface area contributed by atoms with Gasteiger partial charge in [-0.2, -0.15) is 0 Å². The Morgan fingerprint density at radius 2 is 2.32 bits per heavy atom. The average Bonchev–Trinajstić information content (AvgIpc) is 2.39. The van der Waals surface area contributed by atoms with Gasteiger partial charge in [-0.15, -0.1) is 12.4 Å². The van der Waals surface area contributed by atoms with Gasteiger partial charge in [0.25, 0.3) is 0 Å². The van der Waals surface area contributed by atoms with E-state index in [0.717, 1.165) is 32.7 Å². The van der Waals surface area contributed by atoms with Gasteiger partial charge in [0.05, 0.1) is 13.2 Å². The summed E-state index contributed by atoms with van der Waals surface area (Å²) in [5.74, 6) is 0.233. The van der Waals surface area contributed by atoms with Gasteiger partial charge in [0.2, 0.25) is 5.91 Å². The second-order valence-corrected chi connectivity index (χ2v) is 6.01. The molecule has 0 spiro atoms. The second-order valence-electron chi connectivity index (χ2n) is 6.01. The number of nitrogens with zero attached hydrogens (tertiary/aromatic N) is 1. The molecule has 2 aliphatic heterocycles. The van der Waals surface area contributed by atoms with Crippen molar-refractivity contribution in [3.63, 3.8) is 0 Å². The summed E-state index contributed by atoms with van der Waals surface area (Å²) in [5.41, 5.74) is 0.318. The molecule has 2 aliphatic rings. The monoisotopic (exact) mass is 290 g/mol. The van der Waals surface area contributed by atoms with Crippen molar-refractivity contribution >= 4 is 18.3 Å². The van der Waals surface area contributed by atoms with Crippen LogP contribution in [0.2, 0.25) is 0 Å². The third-order valence-electron chi connectivity index (χ3n) is 4.17. The normalized spacial score (nSPS) is 31.7. The molecular weight excluding hydrogens is 264 g/mol. The van der Waals surface area contributed by atoms with Crippen LogP contribution in [0, 0.1) is 5.41 Å². The number of ether oxygens (including phenoxy) is 1. The van der Waals surface area contributed by atoms with Crippen LogP contribution in [0.5, 0.6) is 0 Å². The summed E-state index contributed by atoms with van der Waals surface area (Å²) in [4.78, 5) is 14.5. The lowest BCUT2D eigenvalue weighted by atomic mass is 9.78. The summed E-state index contributed by atoms with van der Waals surface area (Å²) >= 11 is 0. The largest absolute Gasteiger partial charge is 0.378 e. The maximum atomic E-state index is 12.4. The molecule has 2 heterocycles. The van der Waals surface area contributed by atoms with Crippen LogP contribution in [0.15, 0.2) is 0 Å². The molecule has 0 aromatic carbocycles. The van der Waals surface area contributed by atoms with Gasteiger partial charge in [0, 0.05) is 19.6 Å². The van der Waals surface area contributed by atoms with Gasteiger partial charge in [0.15, 0.2) is 0 Å². The Bertz CT molecular complexity index is 291. The van der Waals surface area contributed by atoms with E-state index in [2.05, 4.69) is 19.2 Å². The summed E-state index contributed by atoms with van der Waals surface area (Å²) in [6.07, 6.45) is 4.80. The molecule has 0 aliphatic carbocycles. The highest BCUT2D eigenvalue weighted by Crippen LogP contribution is 2.34. The van der Waals surface area contributed by atoms with Crippen molar-refractivity contribution in [3.05, 3.63) is 0 Å². The number of carbonyl (C=O) groups is 1. The predicted molar refractivity (Wildman–Crippen MR) is 78.7 cm³/mol. The van der Waals surface area contributed by atoms with Crippen LogP contribution in [0.4, 0.5) is 0 Å². The minimum absolute atomic E-state index is 0. The van der Waals surface area contributed by atoms with Gasteiger partial charge in [-0.05, 0) is 24.7 Å². The molecule has 0 aromatic heterocycles. The maximum absolute atomic E-state index is 12.4. The van der Waals surface area contributed by atoms with E-state index in [1.165, 1.54) is 19.3 Å². The number of likely N-dealkylation sites (tertiary alicyclic amines) is 1. The summed E-state index contributed by atoms with van der Waals surface area (Å²) in [5, 5.41) is 3.26. The van der Waals surface area contributed by atoms with E-state index in [1.54, 1.807) is 0 Å². The molecule has 2 saturated heterocycles. The lowest BCUT2D eigenvalue weighted by Gasteiger charge is -2.42. The molecule has 1 N–H and O–H groups in total. The first kappa shape index (κ1) is 16.7. The van der Waals surface area contributed by atoms with E-state index >= 15 is 0 Å². The van der Waals surface area contributed by atoms with Crippen LogP contribution in [0.3, 0.4) is 0 Å². The van der Waals surface area contributed by atoms with Crippen LogP contribution in [-0.2, 0) is 9.53 Å². The molecule has 2 rings (SSSR count). The second kappa shape index (κ2) is 7.46. The summed E-state index contributed by atoms with van der Waals surface area (Å²) in [6, 6.07) is -0.122. The fourth-order valence-corrected chi connectivity index (χ4v) is 3.26. The lowest BCUT2D eigenvalue weighted by molar-refractivity contribution is -0.139. The molecule has 0 aromatic rings. The van der Waals surface area contributed by atoms with Gasteiger partial charge in [-0.25, -0.2) is 0 Å². The van der Waals surface area contributed by atoms with Gasteiger partial charge >= 0.3 is 0 Å². The summed E-state index contributed by atoms with van der Waals surface area (Å²) in [7, 11) is 0. The molecule has 19 heavy (non-hydrogen) atoms. The molecule has 0 saturated carbocycles.